The Morgan fingerprint density at radius 1 is 0.833 bits per heavy atom. The molecule has 0 saturated heterocycles. The number of aliphatic hydroxyl groups is 1. The minimum atomic E-state index is -0.150. The highest BCUT2D eigenvalue weighted by molar-refractivity contribution is 6.10. The first-order valence-corrected chi connectivity index (χ1v) is 8.75. The van der Waals surface area contributed by atoms with Crippen LogP contribution in [0.2, 0.25) is 0 Å². The number of benzene rings is 2. The average Bonchev–Trinajstić information content (AvgIpc) is 2.61. The highest BCUT2D eigenvalue weighted by Crippen LogP contribution is 2.23. The zero-order chi connectivity index (χ0) is 17.2. The number of phenolic OH excluding ortho intramolecular Hbond substituents is 1. The molecular formula is C21H26O3. The van der Waals surface area contributed by atoms with E-state index in [1.807, 2.05) is 24.3 Å². The van der Waals surface area contributed by atoms with Crippen molar-refractivity contribution in [1.82, 2.24) is 0 Å². The standard InChI is InChI=1S/C21H26O3/c22-15-9-4-2-1-3-6-10-17-13-14-19(20(23)16-17)21(24)18-11-7-5-8-12-18/h5,7-8,11-14,16,22-23H,1-4,6,9-10,15H2. The Bertz CT molecular complexity index is 635. The van der Waals surface area contributed by atoms with Crippen LogP contribution in [0.4, 0.5) is 0 Å². The lowest BCUT2D eigenvalue weighted by Gasteiger charge is -2.07. The van der Waals surface area contributed by atoms with E-state index in [1.165, 1.54) is 6.42 Å². The molecule has 2 aromatic carbocycles. The van der Waals surface area contributed by atoms with E-state index in [0.717, 1.165) is 44.1 Å². The molecule has 0 saturated carbocycles. The molecule has 0 amide bonds. The molecule has 2 rings (SSSR count). The van der Waals surface area contributed by atoms with Gasteiger partial charge in [-0.25, -0.2) is 0 Å². The Hall–Kier alpha value is -2.13. The van der Waals surface area contributed by atoms with E-state index in [0.29, 0.717) is 11.1 Å². The van der Waals surface area contributed by atoms with Crippen LogP contribution in [-0.2, 0) is 6.42 Å². The maximum atomic E-state index is 12.4. The van der Waals surface area contributed by atoms with Crippen molar-refractivity contribution < 1.29 is 15.0 Å². The van der Waals surface area contributed by atoms with Gasteiger partial charge in [0.1, 0.15) is 5.75 Å². The molecular weight excluding hydrogens is 300 g/mol. The van der Waals surface area contributed by atoms with E-state index >= 15 is 0 Å². The van der Waals surface area contributed by atoms with Crippen LogP contribution in [0.3, 0.4) is 0 Å². The second kappa shape index (κ2) is 9.89. The van der Waals surface area contributed by atoms with Crippen LogP contribution in [0.1, 0.15) is 60.0 Å². The maximum absolute atomic E-state index is 12.4. The van der Waals surface area contributed by atoms with Crippen LogP contribution in [-0.4, -0.2) is 22.6 Å². The molecule has 2 N–H and O–H groups in total. The van der Waals surface area contributed by atoms with Crippen molar-refractivity contribution in [3.63, 3.8) is 0 Å². The summed E-state index contributed by atoms with van der Waals surface area (Å²) >= 11 is 0. The third kappa shape index (κ3) is 5.50. The summed E-state index contributed by atoms with van der Waals surface area (Å²) in [5.74, 6) is -0.0900. The van der Waals surface area contributed by atoms with Crippen molar-refractivity contribution in [1.29, 1.82) is 0 Å². The molecule has 0 spiro atoms. The third-order valence-corrected chi connectivity index (χ3v) is 4.22. The Labute approximate surface area is 144 Å². The zero-order valence-electron chi connectivity index (χ0n) is 14.1. The highest BCUT2D eigenvalue weighted by Gasteiger charge is 2.13. The fourth-order valence-corrected chi connectivity index (χ4v) is 2.82. The van der Waals surface area contributed by atoms with Crippen LogP contribution >= 0.6 is 0 Å². The van der Waals surface area contributed by atoms with Crippen molar-refractivity contribution >= 4 is 5.78 Å². The molecule has 0 bridgehead atoms. The van der Waals surface area contributed by atoms with E-state index in [4.69, 9.17) is 5.11 Å². The highest BCUT2D eigenvalue weighted by atomic mass is 16.3. The van der Waals surface area contributed by atoms with Crippen LogP contribution in [0.15, 0.2) is 48.5 Å². The second-order valence-corrected chi connectivity index (χ2v) is 6.14. The van der Waals surface area contributed by atoms with E-state index < -0.39 is 0 Å². The van der Waals surface area contributed by atoms with Gasteiger partial charge in [-0.05, 0) is 37.0 Å². The molecule has 128 valence electrons. The summed E-state index contributed by atoms with van der Waals surface area (Å²) in [6.45, 7) is 0.285. The fraction of sp³-hybridized carbons (Fsp3) is 0.381. The molecule has 0 aliphatic carbocycles. The average molecular weight is 326 g/mol. The lowest BCUT2D eigenvalue weighted by atomic mass is 9.99. The SMILES string of the molecule is O=C(c1ccccc1)c1ccc(CCCCCCCCO)cc1O. The molecule has 24 heavy (non-hydrogen) atoms. The van der Waals surface area contributed by atoms with Gasteiger partial charge >= 0.3 is 0 Å². The van der Waals surface area contributed by atoms with Crippen molar-refractivity contribution in [2.45, 2.75) is 44.9 Å². The Morgan fingerprint density at radius 3 is 2.17 bits per heavy atom. The quantitative estimate of drug-likeness (QED) is 0.499. The summed E-state index contributed by atoms with van der Waals surface area (Å²) in [5.41, 5.74) is 2.00. The van der Waals surface area contributed by atoms with Gasteiger partial charge in [-0.1, -0.05) is 62.1 Å². The topological polar surface area (TPSA) is 57.5 Å². The first-order valence-electron chi connectivity index (χ1n) is 8.75. The lowest BCUT2D eigenvalue weighted by molar-refractivity contribution is 0.103. The number of aryl methyl sites for hydroxylation is 1. The Balaban J connectivity index is 1.85. The monoisotopic (exact) mass is 326 g/mol. The van der Waals surface area contributed by atoms with Crippen LogP contribution < -0.4 is 0 Å². The van der Waals surface area contributed by atoms with Gasteiger partial charge in [0, 0.05) is 12.2 Å². The minimum absolute atomic E-state index is 0.0595. The van der Waals surface area contributed by atoms with Crippen LogP contribution in [0.25, 0.3) is 0 Å². The molecule has 0 unspecified atom stereocenters. The predicted molar refractivity (Wildman–Crippen MR) is 96.5 cm³/mol. The van der Waals surface area contributed by atoms with Gasteiger partial charge < -0.3 is 10.2 Å². The van der Waals surface area contributed by atoms with Crippen LogP contribution in [0, 0.1) is 0 Å². The molecule has 0 radical (unpaired) electrons. The number of ketones is 1. The lowest BCUT2D eigenvalue weighted by Crippen LogP contribution is -2.02. The third-order valence-electron chi connectivity index (χ3n) is 4.22. The summed E-state index contributed by atoms with van der Waals surface area (Å²) in [7, 11) is 0. The summed E-state index contributed by atoms with van der Waals surface area (Å²) in [5, 5.41) is 18.9. The number of phenols is 1. The first-order chi connectivity index (χ1) is 11.7. The van der Waals surface area contributed by atoms with Crippen molar-refractivity contribution in [3.8, 4) is 5.75 Å². The van der Waals surface area contributed by atoms with Gasteiger partial charge in [0.25, 0.3) is 0 Å². The number of aliphatic hydroxyl groups excluding tert-OH is 1. The van der Waals surface area contributed by atoms with Gasteiger partial charge in [0.2, 0.25) is 0 Å². The molecule has 0 fully saturated rings. The van der Waals surface area contributed by atoms with Gasteiger partial charge in [-0.3, -0.25) is 4.79 Å². The Kier molecular flexibility index (Phi) is 7.50. The second-order valence-electron chi connectivity index (χ2n) is 6.14. The van der Waals surface area contributed by atoms with Crippen molar-refractivity contribution in [2.24, 2.45) is 0 Å². The number of carbonyl (C=O) groups excluding carboxylic acids is 1. The number of rotatable bonds is 10. The molecule has 3 heteroatoms. The molecule has 0 aliphatic rings. The van der Waals surface area contributed by atoms with Gasteiger partial charge in [-0.2, -0.15) is 0 Å². The van der Waals surface area contributed by atoms with E-state index in [1.54, 1.807) is 24.3 Å². The zero-order valence-corrected chi connectivity index (χ0v) is 14.1. The van der Waals surface area contributed by atoms with Gasteiger partial charge in [0.05, 0.1) is 5.56 Å². The van der Waals surface area contributed by atoms with Crippen molar-refractivity contribution in [3.05, 3.63) is 65.2 Å². The molecule has 0 heterocycles. The molecule has 0 aliphatic heterocycles. The summed E-state index contributed by atoms with van der Waals surface area (Å²) < 4.78 is 0. The smallest absolute Gasteiger partial charge is 0.196 e. The number of aromatic hydroxyl groups is 1. The summed E-state index contributed by atoms with van der Waals surface area (Å²) in [6, 6.07) is 14.4. The van der Waals surface area contributed by atoms with Gasteiger partial charge in [0.15, 0.2) is 5.78 Å². The molecule has 0 aromatic heterocycles. The summed E-state index contributed by atoms with van der Waals surface area (Å²) in [4.78, 5) is 12.4. The fourth-order valence-electron chi connectivity index (χ4n) is 2.82. The number of hydrogen-bond acceptors (Lipinski definition) is 3. The number of unbranched alkanes of at least 4 members (excludes halogenated alkanes) is 5. The predicted octanol–water partition coefficient (Wildman–Crippen LogP) is 4.50. The largest absolute Gasteiger partial charge is 0.507 e. The maximum Gasteiger partial charge on any atom is 0.196 e. The molecule has 2 aromatic rings. The summed E-state index contributed by atoms with van der Waals surface area (Å²) in [6.07, 6.45) is 7.46. The Morgan fingerprint density at radius 2 is 1.50 bits per heavy atom. The normalized spacial score (nSPS) is 10.7. The number of hydrogen-bond donors (Lipinski definition) is 2. The minimum Gasteiger partial charge on any atom is -0.507 e. The van der Waals surface area contributed by atoms with Gasteiger partial charge in [-0.15, -0.1) is 0 Å². The first kappa shape index (κ1) is 18.2. The number of carbonyl (C=O) groups is 1. The van der Waals surface area contributed by atoms with Crippen molar-refractivity contribution in [2.75, 3.05) is 6.61 Å². The van der Waals surface area contributed by atoms with E-state index in [9.17, 15) is 9.90 Å². The van der Waals surface area contributed by atoms with E-state index in [-0.39, 0.29) is 18.1 Å². The van der Waals surface area contributed by atoms with E-state index in [2.05, 4.69) is 0 Å². The molecule has 0 atom stereocenters. The molecule has 3 nitrogen and oxygen atoms in total. The van der Waals surface area contributed by atoms with Crippen LogP contribution in [0.5, 0.6) is 5.75 Å².